The number of nitrogens with zero attached hydrogens (tertiary/aromatic N) is 4. The predicted molar refractivity (Wildman–Crippen MR) is 108 cm³/mol. The maximum atomic E-state index is 12.9. The van der Waals surface area contributed by atoms with E-state index in [1.54, 1.807) is 30.0 Å². The normalized spacial score (nSPS) is 18.7. The number of carbonyl (C=O) groups excluding carboxylic acids is 1. The van der Waals surface area contributed by atoms with E-state index in [0.717, 1.165) is 24.3 Å². The molecule has 1 fully saturated rings. The van der Waals surface area contributed by atoms with Crippen LogP contribution < -0.4 is 4.72 Å². The van der Waals surface area contributed by atoms with Gasteiger partial charge in [0, 0.05) is 25.2 Å². The first-order chi connectivity index (χ1) is 14.0. The number of hydrogen-bond acceptors (Lipinski definition) is 5. The van der Waals surface area contributed by atoms with Crippen LogP contribution in [0.3, 0.4) is 0 Å². The van der Waals surface area contributed by atoms with E-state index >= 15 is 0 Å². The maximum Gasteiger partial charge on any atom is 0.241 e. The van der Waals surface area contributed by atoms with Gasteiger partial charge in [-0.15, -0.1) is 10.2 Å². The molecule has 0 bridgehead atoms. The number of pyridine rings is 1. The number of carbonyl (C=O) groups is 1. The summed E-state index contributed by atoms with van der Waals surface area (Å²) in [6.07, 6.45) is 3.65. The zero-order chi connectivity index (χ0) is 20.4. The Hall–Kier alpha value is -2.78. The molecule has 8 nitrogen and oxygen atoms in total. The highest BCUT2D eigenvalue weighted by molar-refractivity contribution is 7.89. The van der Waals surface area contributed by atoms with Crippen molar-refractivity contribution >= 4 is 21.6 Å². The van der Waals surface area contributed by atoms with E-state index in [0.29, 0.717) is 13.1 Å². The summed E-state index contributed by atoms with van der Waals surface area (Å²) >= 11 is 0. The standard InChI is InChI=1S/C20H23N5O3S/c1-15(23-29(27,28)17-9-3-2-4-10-17)20(26)24-12-7-8-16(14-24)19-22-21-18-11-5-6-13-25(18)19/h2-6,9-11,13,15-16,23H,7-8,12,14H2,1H3/t15-,16+/m0/s1. The van der Waals surface area contributed by atoms with Crippen LogP contribution in [0.25, 0.3) is 5.65 Å². The number of piperidine rings is 1. The van der Waals surface area contributed by atoms with E-state index in [-0.39, 0.29) is 16.7 Å². The summed E-state index contributed by atoms with van der Waals surface area (Å²) in [5.74, 6) is 0.654. The number of benzene rings is 1. The van der Waals surface area contributed by atoms with E-state index in [4.69, 9.17) is 0 Å². The second kappa shape index (κ2) is 7.92. The van der Waals surface area contributed by atoms with Crippen LogP contribution >= 0.6 is 0 Å². The topological polar surface area (TPSA) is 96.7 Å². The fourth-order valence-corrected chi connectivity index (χ4v) is 4.97. The third-order valence-electron chi connectivity index (χ3n) is 5.19. The highest BCUT2D eigenvalue weighted by atomic mass is 32.2. The number of likely N-dealkylation sites (tertiary alicyclic amines) is 1. The summed E-state index contributed by atoms with van der Waals surface area (Å²) in [6.45, 7) is 2.67. The first-order valence-electron chi connectivity index (χ1n) is 9.61. The van der Waals surface area contributed by atoms with Crippen LogP contribution in [0.2, 0.25) is 0 Å². The molecule has 0 aliphatic carbocycles. The average molecular weight is 414 g/mol. The SMILES string of the molecule is C[C@H](NS(=O)(=O)c1ccccc1)C(=O)N1CCC[C@@H](c2nnc3ccccn23)C1. The summed E-state index contributed by atoms with van der Waals surface area (Å²) in [6, 6.07) is 12.9. The second-order valence-corrected chi connectivity index (χ2v) is 8.98. The van der Waals surface area contributed by atoms with Gasteiger partial charge < -0.3 is 4.90 Å². The number of amides is 1. The maximum absolute atomic E-state index is 12.9. The van der Waals surface area contributed by atoms with Gasteiger partial charge in [-0.25, -0.2) is 8.42 Å². The molecule has 0 radical (unpaired) electrons. The molecule has 1 N–H and O–H groups in total. The highest BCUT2D eigenvalue weighted by Crippen LogP contribution is 2.26. The van der Waals surface area contributed by atoms with Crippen molar-refractivity contribution in [3.05, 3.63) is 60.6 Å². The molecule has 0 unspecified atom stereocenters. The summed E-state index contributed by atoms with van der Waals surface area (Å²) in [4.78, 5) is 14.8. The quantitative estimate of drug-likeness (QED) is 0.688. The van der Waals surface area contributed by atoms with Gasteiger partial charge in [-0.1, -0.05) is 24.3 Å². The first-order valence-corrected chi connectivity index (χ1v) is 11.1. The van der Waals surface area contributed by atoms with Crippen LogP contribution in [-0.4, -0.2) is 53.0 Å². The molecule has 1 aromatic carbocycles. The Morgan fingerprint density at radius 2 is 1.90 bits per heavy atom. The molecule has 2 atom stereocenters. The van der Waals surface area contributed by atoms with Gasteiger partial charge in [0.25, 0.3) is 0 Å². The van der Waals surface area contributed by atoms with E-state index < -0.39 is 16.1 Å². The number of nitrogens with one attached hydrogen (secondary N) is 1. The van der Waals surface area contributed by atoms with E-state index in [1.165, 1.54) is 12.1 Å². The number of fused-ring (bicyclic) bond motifs is 1. The number of hydrogen-bond donors (Lipinski definition) is 1. The molecule has 1 amide bonds. The van der Waals surface area contributed by atoms with Crippen molar-refractivity contribution in [2.45, 2.75) is 36.6 Å². The molecule has 0 spiro atoms. The molecule has 2 aromatic heterocycles. The fraction of sp³-hybridized carbons (Fsp3) is 0.350. The molecule has 29 heavy (non-hydrogen) atoms. The fourth-order valence-electron chi connectivity index (χ4n) is 3.75. The van der Waals surface area contributed by atoms with Crippen molar-refractivity contribution in [2.75, 3.05) is 13.1 Å². The Morgan fingerprint density at radius 3 is 2.69 bits per heavy atom. The Bertz CT molecular complexity index is 1110. The van der Waals surface area contributed by atoms with Crippen molar-refractivity contribution in [2.24, 2.45) is 0 Å². The second-order valence-electron chi connectivity index (χ2n) is 7.27. The molecule has 3 heterocycles. The Kier molecular flexibility index (Phi) is 5.33. The highest BCUT2D eigenvalue weighted by Gasteiger charge is 2.31. The molecule has 1 saturated heterocycles. The average Bonchev–Trinajstić information content (AvgIpc) is 3.18. The van der Waals surface area contributed by atoms with E-state index in [2.05, 4.69) is 14.9 Å². The Balaban J connectivity index is 1.47. The third-order valence-corrected chi connectivity index (χ3v) is 6.75. The molecule has 152 valence electrons. The van der Waals surface area contributed by atoms with Crippen LogP contribution in [0.15, 0.2) is 59.6 Å². The molecule has 1 aliphatic rings. The van der Waals surface area contributed by atoms with Crippen molar-refractivity contribution in [1.82, 2.24) is 24.2 Å². The number of aromatic nitrogens is 3. The summed E-state index contributed by atoms with van der Waals surface area (Å²) in [5, 5.41) is 8.52. The van der Waals surface area contributed by atoms with Gasteiger partial charge in [0.15, 0.2) is 5.65 Å². The van der Waals surface area contributed by atoms with Gasteiger partial charge in [0.1, 0.15) is 5.82 Å². The molecule has 3 aromatic rings. The first kappa shape index (κ1) is 19.5. The molecular formula is C20H23N5O3S. The van der Waals surface area contributed by atoms with Gasteiger partial charge in [-0.2, -0.15) is 4.72 Å². The lowest BCUT2D eigenvalue weighted by atomic mass is 9.96. The number of sulfonamides is 1. The van der Waals surface area contributed by atoms with Gasteiger partial charge in [-0.05, 0) is 44.0 Å². The Labute approximate surface area is 169 Å². The van der Waals surface area contributed by atoms with Crippen LogP contribution in [-0.2, 0) is 14.8 Å². The predicted octanol–water partition coefficient (Wildman–Crippen LogP) is 1.80. The van der Waals surface area contributed by atoms with Gasteiger partial charge in [0.05, 0.1) is 10.9 Å². The van der Waals surface area contributed by atoms with Crippen molar-refractivity contribution in [3.8, 4) is 0 Å². The zero-order valence-corrected chi connectivity index (χ0v) is 16.9. The van der Waals surface area contributed by atoms with E-state index in [1.807, 2.05) is 28.8 Å². The lowest BCUT2D eigenvalue weighted by Gasteiger charge is -2.33. The monoisotopic (exact) mass is 413 g/mol. The number of rotatable bonds is 5. The minimum absolute atomic E-state index is 0.0584. The Morgan fingerprint density at radius 1 is 1.14 bits per heavy atom. The molecule has 4 rings (SSSR count). The minimum Gasteiger partial charge on any atom is -0.341 e. The minimum atomic E-state index is -3.75. The van der Waals surface area contributed by atoms with Crippen molar-refractivity contribution in [3.63, 3.8) is 0 Å². The van der Waals surface area contributed by atoms with Crippen molar-refractivity contribution < 1.29 is 13.2 Å². The summed E-state index contributed by atoms with van der Waals surface area (Å²) in [5.41, 5.74) is 0.773. The molecule has 9 heteroatoms. The summed E-state index contributed by atoms with van der Waals surface area (Å²) < 4.78 is 29.5. The smallest absolute Gasteiger partial charge is 0.241 e. The molecule has 0 saturated carbocycles. The van der Waals surface area contributed by atoms with Crippen LogP contribution in [0.1, 0.15) is 31.5 Å². The van der Waals surface area contributed by atoms with Gasteiger partial charge in [0.2, 0.25) is 15.9 Å². The zero-order valence-electron chi connectivity index (χ0n) is 16.1. The van der Waals surface area contributed by atoms with Gasteiger partial charge in [-0.3, -0.25) is 9.20 Å². The van der Waals surface area contributed by atoms with E-state index in [9.17, 15) is 13.2 Å². The van der Waals surface area contributed by atoms with Crippen LogP contribution in [0.5, 0.6) is 0 Å². The van der Waals surface area contributed by atoms with Crippen LogP contribution in [0.4, 0.5) is 0 Å². The van der Waals surface area contributed by atoms with Gasteiger partial charge >= 0.3 is 0 Å². The van der Waals surface area contributed by atoms with Crippen molar-refractivity contribution in [1.29, 1.82) is 0 Å². The third kappa shape index (κ3) is 4.01. The molecular weight excluding hydrogens is 390 g/mol. The van der Waals surface area contributed by atoms with Crippen LogP contribution in [0, 0.1) is 0 Å². The molecule has 1 aliphatic heterocycles. The summed E-state index contributed by atoms with van der Waals surface area (Å²) in [7, 11) is -3.75. The largest absolute Gasteiger partial charge is 0.341 e. The lowest BCUT2D eigenvalue weighted by Crippen LogP contribution is -2.49. The lowest BCUT2D eigenvalue weighted by molar-refractivity contribution is -0.133.